The van der Waals surface area contributed by atoms with Crippen molar-refractivity contribution < 1.29 is 14.6 Å². The molecule has 0 aliphatic carbocycles. The summed E-state index contributed by atoms with van der Waals surface area (Å²) in [5.74, 6) is 0. The Labute approximate surface area is 83.3 Å². The van der Waals surface area contributed by atoms with Crippen molar-refractivity contribution in [3.8, 4) is 0 Å². The number of carbonyl (C=O) groups excluding carboxylic acids is 1. The summed E-state index contributed by atoms with van der Waals surface area (Å²) in [6, 6.07) is 6.73. The van der Waals surface area contributed by atoms with Crippen molar-refractivity contribution in [2.45, 2.75) is 26.2 Å². The first-order valence-electron chi connectivity index (χ1n) is 4.52. The van der Waals surface area contributed by atoms with Crippen molar-refractivity contribution in [3.63, 3.8) is 0 Å². The van der Waals surface area contributed by atoms with Gasteiger partial charge in [0.2, 0.25) is 0 Å². The second kappa shape index (κ2) is 4.88. The van der Waals surface area contributed by atoms with Gasteiger partial charge < -0.3 is 9.84 Å². The Morgan fingerprint density at radius 1 is 1.43 bits per heavy atom. The van der Waals surface area contributed by atoms with Crippen LogP contribution in [0.15, 0.2) is 24.3 Å². The summed E-state index contributed by atoms with van der Waals surface area (Å²) in [6.45, 7) is 3.68. The molecule has 0 aliphatic heterocycles. The molecule has 1 rings (SSSR count). The summed E-state index contributed by atoms with van der Waals surface area (Å²) < 4.78 is 5.18. The van der Waals surface area contributed by atoms with E-state index in [9.17, 15) is 9.90 Å². The standard InChI is InChI=1S/C11H14O3/c1-8(2)14-11(13)10-5-3-4-9(6-10)7-12/h3-8,11,13H,1-2H3. The lowest BCUT2D eigenvalue weighted by Crippen LogP contribution is -2.09. The van der Waals surface area contributed by atoms with Gasteiger partial charge in [-0.15, -0.1) is 0 Å². The first-order chi connectivity index (χ1) is 6.63. The van der Waals surface area contributed by atoms with Crippen LogP contribution in [0.3, 0.4) is 0 Å². The largest absolute Gasteiger partial charge is 0.364 e. The van der Waals surface area contributed by atoms with Crippen molar-refractivity contribution in [1.29, 1.82) is 0 Å². The second-order valence-corrected chi connectivity index (χ2v) is 3.33. The van der Waals surface area contributed by atoms with E-state index in [2.05, 4.69) is 0 Å². The van der Waals surface area contributed by atoms with E-state index in [0.717, 1.165) is 6.29 Å². The second-order valence-electron chi connectivity index (χ2n) is 3.33. The molecule has 3 nitrogen and oxygen atoms in total. The van der Waals surface area contributed by atoms with E-state index in [1.807, 2.05) is 13.8 Å². The maximum atomic E-state index is 10.5. The number of ether oxygens (including phenoxy) is 1. The highest BCUT2D eigenvalue weighted by Crippen LogP contribution is 2.16. The quantitative estimate of drug-likeness (QED) is 0.588. The van der Waals surface area contributed by atoms with Gasteiger partial charge in [-0.2, -0.15) is 0 Å². The van der Waals surface area contributed by atoms with Gasteiger partial charge in [0.25, 0.3) is 0 Å². The van der Waals surface area contributed by atoms with Crippen molar-refractivity contribution in [2.75, 3.05) is 0 Å². The van der Waals surface area contributed by atoms with Crippen LogP contribution in [-0.4, -0.2) is 17.5 Å². The molecule has 1 aromatic carbocycles. The highest BCUT2D eigenvalue weighted by Gasteiger charge is 2.09. The molecule has 1 unspecified atom stereocenters. The van der Waals surface area contributed by atoms with Crippen LogP contribution in [0.2, 0.25) is 0 Å². The fourth-order valence-electron chi connectivity index (χ4n) is 1.12. The first-order valence-corrected chi connectivity index (χ1v) is 4.52. The third kappa shape index (κ3) is 2.94. The van der Waals surface area contributed by atoms with Gasteiger partial charge in [-0.3, -0.25) is 4.79 Å². The average Bonchev–Trinajstić information content (AvgIpc) is 2.17. The smallest absolute Gasteiger partial charge is 0.181 e. The Bertz CT molecular complexity index is 307. The summed E-state index contributed by atoms with van der Waals surface area (Å²) in [4.78, 5) is 10.5. The van der Waals surface area contributed by atoms with Gasteiger partial charge in [0, 0.05) is 11.1 Å². The van der Waals surface area contributed by atoms with Crippen molar-refractivity contribution in [2.24, 2.45) is 0 Å². The lowest BCUT2D eigenvalue weighted by molar-refractivity contribution is -0.129. The van der Waals surface area contributed by atoms with Crippen LogP contribution in [0.25, 0.3) is 0 Å². The molecule has 0 radical (unpaired) electrons. The molecule has 1 atom stereocenters. The fraction of sp³-hybridized carbons (Fsp3) is 0.364. The van der Waals surface area contributed by atoms with E-state index in [1.54, 1.807) is 24.3 Å². The van der Waals surface area contributed by atoms with Crippen LogP contribution in [-0.2, 0) is 4.74 Å². The third-order valence-corrected chi connectivity index (χ3v) is 1.73. The number of rotatable bonds is 4. The summed E-state index contributed by atoms with van der Waals surface area (Å²) in [5.41, 5.74) is 1.14. The lowest BCUT2D eigenvalue weighted by atomic mass is 10.1. The summed E-state index contributed by atoms with van der Waals surface area (Å²) >= 11 is 0. The predicted octanol–water partition coefficient (Wildman–Crippen LogP) is 1.91. The summed E-state index contributed by atoms with van der Waals surface area (Å²) in [5, 5.41) is 9.57. The number of hydrogen-bond acceptors (Lipinski definition) is 3. The van der Waals surface area contributed by atoms with Gasteiger partial charge in [0.1, 0.15) is 6.29 Å². The molecule has 0 heterocycles. The molecule has 0 fully saturated rings. The highest BCUT2D eigenvalue weighted by molar-refractivity contribution is 5.74. The predicted molar refractivity (Wildman–Crippen MR) is 53.0 cm³/mol. The average molecular weight is 194 g/mol. The number of aliphatic hydroxyl groups excluding tert-OH is 1. The summed E-state index contributed by atoms with van der Waals surface area (Å²) in [7, 11) is 0. The van der Waals surface area contributed by atoms with E-state index in [0.29, 0.717) is 11.1 Å². The van der Waals surface area contributed by atoms with E-state index in [4.69, 9.17) is 4.74 Å². The van der Waals surface area contributed by atoms with E-state index < -0.39 is 6.29 Å². The van der Waals surface area contributed by atoms with Crippen molar-refractivity contribution in [1.82, 2.24) is 0 Å². The van der Waals surface area contributed by atoms with Crippen molar-refractivity contribution >= 4 is 6.29 Å². The molecule has 0 saturated carbocycles. The zero-order valence-electron chi connectivity index (χ0n) is 8.31. The lowest BCUT2D eigenvalue weighted by Gasteiger charge is -2.15. The molecule has 76 valence electrons. The molecule has 0 bridgehead atoms. The SMILES string of the molecule is CC(C)OC(O)c1cccc(C=O)c1. The van der Waals surface area contributed by atoms with E-state index in [-0.39, 0.29) is 6.10 Å². The molecular formula is C11H14O3. The number of aliphatic hydroxyl groups is 1. The van der Waals surface area contributed by atoms with Gasteiger partial charge in [-0.05, 0) is 19.9 Å². The summed E-state index contributed by atoms with van der Waals surface area (Å²) in [6.07, 6.45) is -0.272. The Balaban J connectivity index is 2.78. The number of carbonyl (C=O) groups is 1. The van der Waals surface area contributed by atoms with Gasteiger partial charge >= 0.3 is 0 Å². The van der Waals surface area contributed by atoms with Gasteiger partial charge in [0.05, 0.1) is 6.10 Å². The number of hydrogen-bond donors (Lipinski definition) is 1. The molecule has 0 aromatic heterocycles. The number of aldehydes is 1. The normalized spacial score (nSPS) is 12.9. The topological polar surface area (TPSA) is 46.5 Å². The number of benzene rings is 1. The van der Waals surface area contributed by atoms with Crippen LogP contribution < -0.4 is 0 Å². The molecule has 0 amide bonds. The zero-order chi connectivity index (χ0) is 10.6. The Hall–Kier alpha value is -1.19. The van der Waals surface area contributed by atoms with Crippen LogP contribution in [0.5, 0.6) is 0 Å². The molecule has 0 spiro atoms. The highest BCUT2D eigenvalue weighted by atomic mass is 16.6. The molecule has 3 heteroatoms. The minimum absolute atomic E-state index is 0.0510. The maximum Gasteiger partial charge on any atom is 0.181 e. The Morgan fingerprint density at radius 3 is 2.71 bits per heavy atom. The fourth-order valence-corrected chi connectivity index (χ4v) is 1.12. The van der Waals surface area contributed by atoms with Crippen LogP contribution in [0.4, 0.5) is 0 Å². The van der Waals surface area contributed by atoms with Crippen molar-refractivity contribution in [3.05, 3.63) is 35.4 Å². The molecule has 0 aliphatic rings. The molecule has 14 heavy (non-hydrogen) atoms. The third-order valence-electron chi connectivity index (χ3n) is 1.73. The van der Waals surface area contributed by atoms with Gasteiger partial charge in [-0.25, -0.2) is 0 Å². The molecule has 1 N–H and O–H groups in total. The molecule has 0 saturated heterocycles. The maximum absolute atomic E-state index is 10.5. The van der Waals surface area contributed by atoms with Gasteiger partial charge in [-0.1, -0.05) is 18.2 Å². The van der Waals surface area contributed by atoms with Gasteiger partial charge in [0.15, 0.2) is 6.29 Å². The zero-order valence-corrected chi connectivity index (χ0v) is 8.31. The minimum Gasteiger partial charge on any atom is -0.364 e. The van der Waals surface area contributed by atoms with Crippen LogP contribution in [0.1, 0.15) is 36.1 Å². The first kappa shape index (κ1) is 10.9. The Kier molecular flexibility index (Phi) is 3.80. The molecule has 1 aromatic rings. The monoisotopic (exact) mass is 194 g/mol. The molecular weight excluding hydrogens is 180 g/mol. The Morgan fingerprint density at radius 2 is 2.14 bits per heavy atom. The van der Waals surface area contributed by atoms with E-state index in [1.165, 1.54) is 0 Å². The van der Waals surface area contributed by atoms with Crippen LogP contribution in [0, 0.1) is 0 Å². The van der Waals surface area contributed by atoms with Crippen LogP contribution >= 0.6 is 0 Å². The minimum atomic E-state index is -0.963. The van der Waals surface area contributed by atoms with E-state index >= 15 is 0 Å².